The van der Waals surface area contributed by atoms with Crippen LogP contribution in [0.5, 0.6) is 0 Å². The third-order valence-electron chi connectivity index (χ3n) is 5.08. The van der Waals surface area contributed by atoms with Crippen LogP contribution in [0.2, 0.25) is 5.02 Å². The van der Waals surface area contributed by atoms with E-state index in [1.54, 1.807) is 0 Å². The number of piperidine rings is 1. The number of nitrogens with one attached hydrogen (secondary N) is 1. The SMILES string of the molecule is C[C@@H]1CCCN(Cc2ccc(C(=O)NCCSCc3ccc(Cl)cc3)cc2)C1. The maximum Gasteiger partial charge on any atom is 0.251 e. The molecule has 3 nitrogen and oxygen atoms in total. The molecule has 0 saturated carbocycles. The fraction of sp³-hybridized carbons (Fsp3) is 0.435. The van der Waals surface area contributed by atoms with Crippen LogP contribution >= 0.6 is 23.4 Å². The predicted molar refractivity (Wildman–Crippen MR) is 120 cm³/mol. The van der Waals surface area contributed by atoms with Crippen LogP contribution in [-0.4, -0.2) is 36.2 Å². The van der Waals surface area contributed by atoms with Crippen LogP contribution in [0.4, 0.5) is 0 Å². The lowest BCUT2D eigenvalue weighted by Gasteiger charge is -2.30. The van der Waals surface area contributed by atoms with E-state index in [2.05, 4.69) is 29.3 Å². The minimum Gasteiger partial charge on any atom is -0.351 e. The van der Waals surface area contributed by atoms with Crippen molar-refractivity contribution in [3.63, 3.8) is 0 Å². The summed E-state index contributed by atoms with van der Waals surface area (Å²) in [6, 6.07) is 16.0. The molecule has 2 aromatic carbocycles. The Bertz CT molecular complexity index is 748. The molecule has 1 saturated heterocycles. The highest BCUT2D eigenvalue weighted by Gasteiger charge is 2.16. The first-order valence-electron chi connectivity index (χ1n) is 10.0. The Kier molecular flexibility index (Phi) is 8.26. The van der Waals surface area contributed by atoms with Gasteiger partial charge in [0, 0.05) is 41.7 Å². The Balaban J connectivity index is 1.36. The number of benzene rings is 2. The molecule has 1 aliphatic heterocycles. The number of amides is 1. The zero-order valence-corrected chi connectivity index (χ0v) is 18.1. The number of hydrogen-bond donors (Lipinski definition) is 1. The topological polar surface area (TPSA) is 32.3 Å². The summed E-state index contributed by atoms with van der Waals surface area (Å²) < 4.78 is 0. The average molecular weight is 417 g/mol. The second kappa shape index (κ2) is 10.9. The molecule has 1 heterocycles. The predicted octanol–water partition coefficient (Wildman–Crippen LogP) is 5.24. The maximum absolute atomic E-state index is 12.3. The largest absolute Gasteiger partial charge is 0.351 e. The van der Waals surface area contributed by atoms with Crippen LogP contribution in [0.25, 0.3) is 0 Å². The number of nitrogens with zero attached hydrogens (tertiary/aromatic N) is 1. The molecule has 1 aliphatic rings. The van der Waals surface area contributed by atoms with E-state index in [1.165, 1.54) is 37.1 Å². The second-order valence-corrected chi connectivity index (χ2v) is 9.16. The van der Waals surface area contributed by atoms with Crippen molar-refractivity contribution in [2.45, 2.75) is 32.1 Å². The standard InChI is InChI=1S/C23H29ClN2OS/c1-18-3-2-13-26(15-18)16-19-4-8-21(9-5-19)23(27)25-12-14-28-17-20-6-10-22(24)11-7-20/h4-11,18H,2-3,12-17H2,1H3,(H,25,27)/t18-/m1/s1. The van der Waals surface area contributed by atoms with Gasteiger partial charge in [-0.25, -0.2) is 0 Å². The summed E-state index contributed by atoms with van der Waals surface area (Å²) in [5.74, 6) is 2.61. The Morgan fingerprint density at radius 1 is 1.14 bits per heavy atom. The lowest BCUT2D eigenvalue weighted by Crippen LogP contribution is -2.33. The summed E-state index contributed by atoms with van der Waals surface area (Å²) in [7, 11) is 0. The summed E-state index contributed by atoms with van der Waals surface area (Å²) in [5.41, 5.74) is 3.27. The number of rotatable bonds is 8. The van der Waals surface area contributed by atoms with Gasteiger partial charge in [0.05, 0.1) is 0 Å². The first-order chi connectivity index (χ1) is 13.6. The molecule has 1 atom stereocenters. The molecule has 0 radical (unpaired) electrons. The van der Waals surface area contributed by atoms with Crippen molar-refractivity contribution < 1.29 is 4.79 Å². The maximum atomic E-state index is 12.3. The van der Waals surface area contributed by atoms with E-state index in [4.69, 9.17) is 11.6 Å². The van der Waals surface area contributed by atoms with Gasteiger partial charge in [0.15, 0.2) is 0 Å². The summed E-state index contributed by atoms with van der Waals surface area (Å²) in [5, 5.41) is 3.77. The fourth-order valence-electron chi connectivity index (χ4n) is 3.56. The van der Waals surface area contributed by atoms with Gasteiger partial charge in [0.2, 0.25) is 0 Å². The molecule has 1 N–H and O–H groups in total. The van der Waals surface area contributed by atoms with Crippen LogP contribution in [0, 0.1) is 5.92 Å². The van der Waals surface area contributed by atoms with Gasteiger partial charge >= 0.3 is 0 Å². The highest BCUT2D eigenvalue weighted by molar-refractivity contribution is 7.98. The van der Waals surface area contributed by atoms with E-state index in [-0.39, 0.29) is 5.91 Å². The summed E-state index contributed by atoms with van der Waals surface area (Å²) in [4.78, 5) is 14.8. The van der Waals surface area contributed by atoms with E-state index >= 15 is 0 Å². The fourth-order valence-corrected chi connectivity index (χ4v) is 4.50. The molecule has 28 heavy (non-hydrogen) atoms. The molecule has 0 bridgehead atoms. The molecule has 0 spiro atoms. The van der Waals surface area contributed by atoms with Crippen molar-refractivity contribution in [1.82, 2.24) is 10.2 Å². The minimum absolute atomic E-state index is 0.00485. The van der Waals surface area contributed by atoms with Crippen molar-refractivity contribution in [3.05, 3.63) is 70.2 Å². The molecule has 3 rings (SSSR count). The van der Waals surface area contributed by atoms with Crippen molar-refractivity contribution in [2.75, 3.05) is 25.4 Å². The minimum atomic E-state index is 0.00485. The highest BCUT2D eigenvalue weighted by atomic mass is 35.5. The zero-order valence-electron chi connectivity index (χ0n) is 16.5. The van der Waals surface area contributed by atoms with Gasteiger partial charge in [-0.3, -0.25) is 9.69 Å². The quantitative estimate of drug-likeness (QED) is 0.597. The van der Waals surface area contributed by atoms with Crippen LogP contribution < -0.4 is 5.32 Å². The molecule has 0 unspecified atom stereocenters. The van der Waals surface area contributed by atoms with Crippen LogP contribution in [0.15, 0.2) is 48.5 Å². The third kappa shape index (κ3) is 6.84. The van der Waals surface area contributed by atoms with Crippen molar-refractivity contribution >= 4 is 29.3 Å². The molecule has 1 amide bonds. The van der Waals surface area contributed by atoms with Crippen molar-refractivity contribution in [1.29, 1.82) is 0 Å². The Hall–Kier alpha value is -1.49. The summed E-state index contributed by atoms with van der Waals surface area (Å²) in [6.45, 7) is 6.33. The lowest BCUT2D eigenvalue weighted by molar-refractivity contribution is 0.0956. The number of likely N-dealkylation sites (tertiary alicyclic amines) is 1. The number of carbonyl (C=O) groups excluding carboxylic acids is 1. The van der Waals surface area contributed by atoms with Gasteiger partial charge < -0.3 is 5.32 Å². The summed E-state index contributed by atoms with van der Waals surface area (Å²) in [6.07, 6.45) is 2.63. The first kappa shape index (κ1) is 21.2. The number of halogens is 1. The van der Waals surface area contributed by atoms with E-state index in [0.29, 0.717) is 6.54 Å². The molecular weight excluding hydrogens is 388 g/mol. The van der Waals surface area contributed by atoms with E-state index in [1.807, 2.05) is 48.2 Å². The number of carbonyl (C=O) groups is 1. The normalized spacial score (nSPS) is 17.4. The lowest BCUT2D eigenvalue weighted by atomic mass is 9.99. The molecule has 2 aromatic rings. The van der Waals surface area contributed by atoms with Gasteiger partial charge in [-0.1, -0.05) is 42.8 Å². The number of thioether (sulfide) groups is 1. The second-order valence-electron chi connectivity index (χ2n) is 7.61. The Morgan fingerprint density at radius 3 is 2.57 bits per heavy atom. The van der Waals surface area contributed by atoms with Crippen LogP contribution in [0.3, 0.4) is 0 Å². The van der Waals surface area contributed by atoms with Gasteiger partial charge in [-0.05, 0) is 60.7 Å². The molecule has 0 aliphatic carbocycles. The van der Waals surface area contributed by atoms with Gasteiger partial charge in [0.25, 0.3) is 5.91 Å². The van der Waals surface area contributed by atoms with E-state index < -0.39 is 0 Å². The van der Waals surface area contributed by atoms with Crippen molar-refractivity contribution in [3.8, 4) is 0 Å². The van der Waals surface area contributed by atoms with Crippen LogP contribution in [0.1, 0.15) is 41.3 Å². The van der Waals surface area contributed by atoms with E-state index in [9.17, 15) is 4.79 Å². The molecular formula is C23H29ClN2OS. The van der Waals surface area contributed by atoms with Gasteiger partial charge in [-0.2, -0.15) is 11.8 Å². The molecule has 5 heteroatoms. The average Bonchev–Trinajstić information content (AvgIpc) is 2.69. The Morgan fingerprint density at radius 2 is 1.86 bits per heavy atom. The highest BCUT2D eigenvalue weighted by Crippen LogP contribution is 2.18. The molecule has 150 valence electrons. The smallest absolute Gasteiger partial charge is 0.251 e. The summed E-state index contributed by atoms with van der Waals surface area (Å²) >= 11 is 7.70. The van der Waals surface area contributed by atoms with Gasteiger partial charge in [-0.15, -0.1) is 0 Å². The zero-order chi connectivity index (χ0) is 19.8. The monoisotopic (exact) mass is 416 g/mol. The first-order valence-corrected chi connectivity index (χ1v) is 11.5. The molecule has 1 fully saturated rings. The van der Waals surface area contributed by atoms with Crippen molar-refractivity contribution in [2.24, 2.45) is 5.92 Å². The Labute approximate surface area is 177 Å². The van der Waals surface area contributed by atoms with Crippen LogP contribution in [-0.2, 0) is 12.3 Å². The third-order valence-corrected chi connectivity index (χ3v) is 6.36. The van der Waals surface area contributed by atoms with E-state index in [0.717, 1.165) is 34.6 Å². The molecule has 0 aromatic heterocycles. The van der Waals surface area contributed by atoms with Gasteiger partial charge in [0.1, 0.15) is 0 Å². The number of hydrogen-bond acceptors (Lipinski definition) is 3.